The van der Waals surface area contributed by atoms with E-state index in [9.17, 15) is 9.59 Å². The van der Waals surface area contributed by atoms with E-state index >= 15 is 0 Å². The van der Waals surface area contributed by atoms with Crippen LogP contribution >= 0.6 is 0 Å². The number of hydrogen-bond acceptors (Lipinski definition) is 2. The van der Waals surface area contributed by atoms with Crippen LogP contribution in [-0.4, -0.2) is 29.8 Å². The lowest BCUT2D eigenvalue weighted by atomic mass is 9.87. The lowest BCUT2D eigenvalue weighted by Gasteiger charge is -2.22. The van der Waals surface area contributed by atoms with Crippen molar-refractivity contribution < 1.29 is 9.59 Å². The maximum atomic E-state index is 12.4. The molecular weight excluding hydrogens is 336 g/mol. The van der Waals surface area contributed by atoms with Crippen LogP contribution in [-0.2, 0) is 16.8 Å². The molecule has 27 heavy (non-hydrogen) atoms. The van der Waals surface area contributed by atoms with Crippen molar-refractivity contribution >= 4 is 11.8 Å². The normalized spacial score (nSPS) is 11.1. The second-order valence-corrected chi connectivity index (χ2v) is 7.95. The summed E-state index contributed by atoms with van der Waals surface area (Å²) in [6, 6.07) is 15.7. The molecule has 144 valence electrons. The zero-order valence-electron chi connectivity index (χ0n) is 17.0. The van der Waals surface area contributed by atoms with Crippen LogP contribution in [0.1, 0.15) is 54.7 Å². The molecule has 2 amide bonds. The van der Waals surface area contributed by atoms with Gasteiger partial charge < -0.3 is 10.2 Å². The molecule has 0 aliphatic carbocycles. The van der Waals surface area contributed by atoms with Crippen molar-refractivity contribution in [3.63, 3.8) is 0 Å². The molecule has 0 aromatic heterocycles. The average molecular weight is 367 g/mol. The Bertz CT molecular complexity index is 789. The fraction of sp³-hybridized carbons (Fsp3) is 0.391. The lowest BCUT2D eigenvalue weighted by Crippen LogP contribution is -2.37. The highest BCUT2D eigenvalue weighted by atomic mass is 16.2. The fourth-order valence-electron chi connectivity index (χ4n) is 2.87. The summed E-state index contributed by atoms with van der Waals surface area (Å²) in [6.45, 7) is 11.5. The number of nitrogens with zero attached hydrogens (tertiary/aromatic N) is 1. The Labute approximate surface area is 162 Å². The third kappa shape index (κ3) is 5.95. The smallest absolute Gasteiger partial charge is 0.251 e. The van der Waals surface area contributed by atoms with E-state index in [4.69, 9.17) is 0 Å². The van der Waals surface area contributed by atoms with Crippen LogP contribution in [0.5, 0.6) is 0 Å². The first kappa shape index (κ1) is 20.7. The second-order valence-electron chi connectivity index (χ2n) is 7.95. The van der Waals surface area contributed by atoms with Crippen LogP contribution in [0.25, 0.3) is 0 Å². The minimum atomic E-state index is -0.116. The predicted octanol–water partition coefficient (Wildman–Crippen LogP) is 4.07. The van der Waals surface area contributed by atoms with Crippen LogP contribution < -0.4 is 5.32 Å². The monoisotopic (exact) mass is 366 g/mol. The molecule has 0 fully saturated rings. The molecule has 2 aromatic carbocycles. The molecule has 2 aromatic rings. The zero-order valence-corrected chi connectivity index (χ0v) is 17.0. The Morgan fingerprint density at radius 1 is 1.00 bits per heavy atom. The molecule has 0 bridgehead atoms. The largest absolute Gasteiger partial charge is 0.350 e. The summed E-state index contributed by atoms with van der Waals surface area (Å²) in [6.07, 6.45) is 0. The van der Waals surface area contributed by atoms with Gasteiger partial charge in [-0.25, -0.2) is 0 Å². The summed E-state index contributed by atoms with van der Waals surface area (Å²) in [5.41, 5.74) is 4.17. The number of nitrogens with one attached hydrogen (secondary N) is 1. The highest BCUT2D eigenvalue weighted by Crippen LogP contribution is 2.22. The average Bonchev–Trinajstić information content (AvgIpc) is 2.61. The molecule has 0 aliphatic rings. The number of amides is 2. The van der Waals surface area contributed by atoms with Crippen LogP contribution in [0.3, 0.4) is 0 Å². The SMILES string of the molecule is CC(=O)N(CCNC(=O)c1ccc(C(C)(C)C)cc1)Cc1ccccc1C. The number of rotatable bonds is 6. The van der Waals surface area contributed by atoms with Crippen molar-refractivity contribution in [1.82, 2.24) is 10.2 Å². The van der Waals surface area contributed by atoms with Gasteiger partial charge in [0.1, 0.15) is 0 Å². The van der Waals surface area contributed by atoms with Gasteiger partial charge in [0.25, 0.3) is 5.91 Å². The minimum Gasteiger partial charge on any atom is -0.350 e. The van der Waals surface area contributed by atoms with Crippen LogP contribution in [0.15, 0.2) is 48.5 Å². The van der Waals surface area contributed by atoms with Gasteiger partial charge in [0.05, 0.1) is 0 Å². The Hall–Kier alpha value is -2.62. The van der Waals surface area contributed by atoms with E-state index < -0.39 is 0 Å². The number of hydrogen-bond donors (Lipinski definition) is 1. The molecular formula is C23H30N2O2. The minimum absolute atomic E-state index is 0.00188. The molecule has 0 heterocycles. The van der Waals surface area contributed by atoms with Gasteiger partial charge in [0.15, 0.2) is 0 Å². The third-order valence-corrected chi connectivity index (χ3v) is 4.75. The summed E-state index contributed by atoms with van der Waals surface area (Å²) in [4.78, 5) is 26.1. The van der Waals surface area contributed by atoms with E-state index in [-0.39, 0.29) is 17.2 Å². The lowest BCUT2D eigenvalue weighted by molar-refractivity contribution is -0.129. The maximum Gasteiger partial charge on any atom is 0.251 e. The predicted molar refractivity (Wildman–Crippen MR) is 110 cm³/mol. The first-order chi connectivity index (χ1) is 12.7. The third-order valence-electron chi connectivity index (χ3n) is 4.75. The standard InChI is InChI=1S/C23H30N2O2/c1-17-8-6-7-9-20(17)16-25(18(2)26)15-14-24-22(27)19-10-12-21(13-11-19)23(3,4)5/h6-13H,14-16H2,1-5H3,(H,24,27). The van der Waals surface area contributed by atoms with Gasteiger partial charge in [-0.3, -0.25) is 9.59 Å². The first-order valence-corrected chi connectivity index (χ1v) is 9.37. The van der Waals surface area contributed by atoms with Gasteiger partial charge >= 0.3 is 0 Å². The molecule has 0 saturated heterocycles. The van der Waals surface area contributed by atoms with E-state index in [2.05, 4.69) is 26.1 Å². The Morgan fingerprint density at radius 3 is 2.19 bits per heavy atom. The summed E-state index contributed by atoms with van der Waals surface area (Å²) in [5.74, 6) is -0.114. The molecule has 4 heteroatoms. The first-order valence-electron chi connectivity index (χ1n) is 9.37. The Morgan fingerprint density at radius 2 is 1.63 bits per heavy atom. The molecule has 0 unspecified atom stereocenters. The molecule has 0 saturated carbocycles. The summed E-state index contributed by atoms with van der Waals surface area (Å²) < 4.78 is 0. The number of benzene rings is 2. The molecule has 0 radical (unpaired) electrons. The molecule has 0 spiro atoms. The van der Waals surface area contributed by atoms with Gasteiger partial charge in [0, 0.05) is 32.1 Å². The van der Waals surface area contributed by atoms with Crippen molar-refractivity contribution in [2.24, 2.45) is 0 Å². The Kier molecular flexibility index (Phi) is 6.78. The van der Waals surface area contributed by atoms with Crippen LogP contribution in [0.2, 0.25) is 0 Å². The van der Waals surface area contributed by atoms with E-state index in [1.807, 2.05) is 55.5 Å². The molecule has 0 atom stereocenters. The summed E-state index contributed by atoms with van der Waals surface area (Å²) in [7, 11) is 0. The van der Waals surface area contributed by atoms with E-state index in [0.29, 0.717) is 25.2 Å². The van der Waals surface area contributed by atoms with Gasteiger partial charge in [-0.2, -0.15) is 0 Å². The molecule has 0 aliphatic heterocycles. The second kappa shape index (κ2) is 8.85. The van der Waals surface area contributed by atoms with Crippen LogP contribution in [0, 0.1) is 6.92 Å². The maximum absolute atomic E-state index is 12.4. The quantitative estimate of drug-likeness (QED) is 0.838. The van der Waals surface area contributed by atoms with E-state index in [0.717, 1.165) is 11.1 Å². The van der Waals surface area contributed by atoms with Crippen molar-refractivity contribution in [1.29, 1.82) is 0 Å². The molecule has 2 rings (SSSR count). The van der Waals surface area contributed by atoms with Crippen LogP contribution in [0.4, 0.5) is 0 Å². The van der Waals surface area contributed by atoms with E-state index in [1.54, 1.807) is 11.8 Å². The van der Waals surface area contributed by atoms with Gasteiger partial charge in [0.2, 0.25) is 5.91 Å². The topological polar surface area (TPSA) is 49.4 Å². The molecule has 1 N–H and O–H groups in total. The number of carbonyl (C=O) groups excluding carboxylic acids is 2. The van der Waals surface area contributed by atoms with E-state index in [1.165, 1.54) is 5.56 Å². The highest BCUT2D eigenvalue weighted by Gasteiger charge is 2.15. The summed E-state index contributed by atoms with van der Waals surface area (Å²) in [5, 5.41) is 2.91. The Balaban J connectivity index is 1.91. The van der Waals surface area contributed by atoms with Crippen molar-refractivity contribution in [2.75, 3.05) is 13.1 Å². The fourth-order valence-corrected chi connectivity index (χ4v) is 2.87. The number of aryl methyl sites for hydroxylation is 1. The van der Waals surface area contributed by atoms with Crippen molar-refractivity contribution in [3.8, 4) is 0 Å². The highest BCUT2D eigenvalue weighted by molar-refractivity contribution is 5.94. The van der Waals surface area contributed by atoms with Gasteiger partial charge in [-0.05, 0) is 41.2 Å². The van der Waals surface area contributed by atoms with Gasteiger partial charge in [-0.1, -0.05) is 57.2 Å². The van der Waals surface area contributed by atoms with Crippen molar-refractivity contribution in [3.05, 3.63) is 70.8 Å². The number of carbonyl (C=O) groups is 2. The van der Waals surface area contributed by atoms with Crippen molar-refractivity contribution in [2.45, 2.75) is 46.6 Å². The molecule has 4 nitrogen and oxygen atoms in total. The van der Waals surface area contributed by atoms with Gasteiger partial charge in [-0.15, -0.1) is 0 Å². The summed E-state index contributed by atoms with van der Waals surface area (Å²) >= 11 is 0. The zero-order chi connectivity index (χ0) is 20.0.